The fourth-order valence-corrected chi connectivity index (χ4v) is 2.68. The number of likely N-dealkylation sites (tertiary alicyclic amines) is 1. The monoisotopic (exact) mass is 264 g/mol. The molecule has 5 nitrogen and oxygen atoms in total. The maximum Gasteiger partial charge on any atom is 0.289 e. The summed E-state index contributed by atoms with van der Waals surface area (Å²) in [5.74, 6) is 1.30. The lowest BCUT2D eigenvalue weighted by molar-refractivity contribution is -0.114. The number of hydrogen-bond acceptors (Lipinski definition) is 3. The summed E-state index contributed by atoms with van der Waals surface area (Å²) in [6.07, 6.45) is 1.15. The van der Waals surface area contributed by atoms with Gasteiger partial charge in [0.15, 0.2) is 11.6 Å². The van der Waals surface area contributed by atoms with Gasteiger partial charge in [0.05, 0.1) is 0 Å². The lowest BCUT2D eigenvalue weighted by Gasteiger charge is -2.34. The van der Waals surface area contributed by atoms with E-state index < -0.39 is 0 Å². The van der Waals surface area contributed by atoms with Gasteiger partial charge in [0.1, 0.15) is 0 Å². The quantitative estimate of drug-likeness (QED) is 0.892. The van der Waals surface area contributed by atoms with Gasteiger partial charge in [-0.05, 0) is 24.3 Å². The molecule has 0 aromatic carbocycles. The second kappa shape index (κ2) is 5.47. The Bertz CT molecular complexity index is 471. The third kappa shape index (κ3) is 3.36. The largest absolute Gasteiger partial charge is 0.435 e. The molecule has 2 amide bonds. The van der Waals surface area contributed by atoms with Gasteiger partial charge >= 0.3 is 0 Å². The number of carbonyl (C=O) groups excluding carboxylic acids is 2. The lowest BCUT2D eigenvalue weighted by Crippen LogP contribution is -2.42. The van der Waals surface area contributed by atoms with Crippen molar-refractivity contribution in [2.45, 2.75) is 27.2 Å². The fraction of sp³-hybridized carbons (Fsp3) is 0.571. The van der Waals surface area contributed by atoms with E-state index in [4.69, 9.17) is 4.42 Å². The third-order valence-electron chi connectivity index (χ3n) is 3.27. The van der Waals surface area contributed by atoms with E-state index in [0.29, 0.717) is 17.7 Å². The molecule has 2 unspecified atom stereocenters. The minimum Gasteiger partial charge on any atom is -0.435 e. The molecule has 0 aliphatic carbocycles. The molecular formula is C14H20N2O3. The third-order valence-corrected chi connectivity index (χ3v) is 3.27. The summed E-state index contributed by atoms with van der Waals surface area (Å²) in [6.45, 7) is 7.23. The Kier molecular flexibility index (Phi) is 3.93. The minimum atomic E-state index is -0.214. The van der Waals surface area contributed by atoms with Gasteiger partial charge in [0.2, 0.25) is 5.91 Å². The summed E-state index contributed by atoms with van der Waals surface area (Å²) in [6, 6.07) is 3.21. The topological polar surface area (TPSA) is 62.6 Å². The highest BCUT2D eigenvalue weighted by Gasteiger charge is 2.27. The van der Waals surface area contributed by atoms with Crippen molar-refractivity contribution in [2.24, 2.45) is 11.8 Å². The summed E-state index contributed by atoms with van der Waals surface area (Å²) >= 11 is 0. The Labute approximate surface area is 113 Å². The van der Waals surface area contributed by atoms with Gasteiger partial charge < -0.3 is 9.32 Å². The summed E-state index contributed by atoms with van der Waals surface area (Å²) < 4.78 is 5.36. The van der Waals surface area contributed by atoms with E-state index in [9.17, 15) is 9.59 Å². The van der Waals surface area contributed by atoms with Crippen molar-refractivity contribution in [3.05, 3.63) is 17.9 Å². The molecular weight excluding hydrogens is 244 g/mol. The van der Waals surface area contributed by atoms with Crippen LogP contribution in [0.25, 0.3) is 0 Å². The van der Waals surface area contributed by atoms with Crippen LogP contribution in [0, 0.1) is 11.8 Å². The summed E-state index contributed by atoms with van der Waals surface area (Å²) in [4.78, 5) is 25.1. The smallest absolute Gasteiger partial charge is 0.289 e. The van der Waals surface area contributed by atoms with E-state index in [2.05, 4.69) is 19.2 Å². The molecule has 1 aliphatic rings. The second-order valence-electron chi connectivity index (χ2n) is 5.50. The van der Waals surface area contributed by atoms with Crippen LogP contribution in [0.3, 0.4) is 0 Å². The second-order valence-corrected chi connectivity index (χ2v) is 5.50. The van der Waals surface area contributed by atoms with Crippen molar-refractivity contribution < 1.29 is 14.0 Å². The van der Waals surface area contributed by atoms with Crippen molar-refractivity contribution in [3.63, 3.8) is 0 Å². The van der Waals surface area contributed by atoms with Crippen LogP contribution in [0.1, 0.15) is 37.7 Å². The first-order chi connectivity index (χ1) is 8.95. The normalized spacial score (nSPS) is 23.2. The van der Waals surface area contributed by atoms with E-state index in [-0.39, 0.29) is 17.6 Å². The molecule has 0 saturated carbocycles. The van der Waals surface area contributed by atoms with Crippen molar-refractivity contribution in [2.75, 3.05) is 18.4 Å². The summed E-state index contributed by atoms with van der Waals surface area (Å²) in [7, 11) is 0. The number of anilines is 1. The predicted molar refractivity (Wildman–Crippen MR) is 71.9 cm³/mol. The standard InChI is InChI=1S/C14H20N2O3/c1-9-6-10(2)8-16(7-9)14(18)12-4-5-13(19-12)15-11(3)17/h4-5,9-10H,6-8H2,1-3H3,(H,15,17). The molecule has 1 saturated heterocycles. The van der Waals surface area contributed by atoms with Crippen LogP contribution in [0.5, 0.6) is 0 Å². The zero-order valence-electron chi connectivity index (χ0n) is 11.6. The minimum absolute atomic E-state index is 0.102. The van der Waals surface area contributed by atoms with E-state index in [1.807, 2.05) is 4.90 Å². The van der Waals surface area contributed by atoms with Crippen molar-refractivity contribution in [3.8, 4) is 0 Å². The maximum atomic E-state index is 12.3. The lowest BCUT2D eigenvalue weighted by atomic mass is 9.92. The fourth-order valence-electron chi connectivity index (χ4n) is 2.68. The molecule has 2 rings (SSSR count). The highest BCUT2D eigenvalue weighted by Crippen LogP contribution is 2.23. The van der Waals surface area contributed by atoms with E-state index >= 15 is 0 Å². The number of nitrogens with zero attached hydrogens (tertiary/aromatic N) is 1. The molecule has 0 radical (unpaired) electrons. The van der Waals surface area contributed by atoms with Gasteiger partial charge in [-0.2, -0.15) is 0 Å². The molecule has 1 aromatic rings. The molecule has 2 atom stereocenters. The van der Waals surface area contributed by atoms with Crippen LogP contribution in [0.4, 0.5) is 5.88 Å². The van der Waals surface area contributed by atoms with Crippen LogP contribution >= 0.6 is 0 Å². The molecule has 1 aromatic heterocycles. The molecule has 5 heteroatoms. The molecule has 19 heavy (non-hydrogen) atoms. The molecule has 1 fully saturated rings. The Hall–Kier alpha value is -1.78. The summed E-state index contributed by atoms with van der Waals surface area (Å²) in [5, 5.41) is 2.52. The molecule has 104 valence electrons. The molecule has 0 bridgehead atoms. The average Bonchev–Trinajstić information content (AvgIpc) is 2.74. The predicted octanol–water partition coefficient (Wildman–Crippen LogP) is 2.36. The number of nitrogens with one attached hydrogen (secondary N) is 1. The molecule has 2 heterocycles. The number of hydrogen-bond donors (Lipinski definition) is 1. The van der Waals surface area contributed by atoms with E-state index in [0.717, 1.165) is 19.5 Å². The zero-order valence-corrected chi connectivity index (χ0v) is 11.6. The Morgan fingerprint density at radius 1 is 1.26 bits per heavy atom. The van der Waals surface area contributed by atoms with Crippen LogP contribution in [-0.2, 0) is 4.79 Å². The van der Waals surface area contributed by atoms with Gasteiger partial charge in [-0.1, -0.05) is 13.8 Å². The Morgan fingerprint density at radius 2 is 1.89 bits per heavy atom. The van der Waals surface area contributed by atoms with Crippen LogP contribution in [0.2, 0.25) is 0 Å². The van der Waals surface area contributed by atoms with Crippen LogP contribution in [0.15, 0.2) is 16.5 Å². The highest BCUT2D eigenvalue weighted by molar-refractivity contribution is 5.93. The first-order valence-electron chi connectivity index (χ1n) is 6.62. The number of carbonyl (C=O) groups is 2. The summed E-state index contributed by atoms with van der Waals surface area (Å²) in [5.41, 5.74) is 0. The first kappa shape index (κ1) is 13.6. The number of amides is 2. The molecule has 0 spiro atoms. The maximum absolute atomic E-state index is 12.3. The van der Waals surface area contributed by atoms with Crippen molar-refractivity contribution in [1.82, 2.24) is 4.90 Å². The number of furan rings is 1. The van der Waals surface area contributed by atoms with Gasteiger partial charge in [0, 0.05) is 26.1 Å². The van der Waals surface area contributed by atoms with Gasteiger partial charge in [-0.25, -0.2) is 0 Å². The van der Waals surface area contributed by atoms with Gasteiger partial charge in [-0.15, -0.1) is 0 Å². The first-order valence-corrected chi connectivity index (χ1v) is 6.62. The van der Waals surface area contributed by atoms with E-state index in [1.165, 1.54) is 6.92 Å². The SMILES string of the molecule is CC(=O)Nc1ccc(C(=O)N2CC(C)CC(C)C2)o1. The number of piperidine rings is 1. The van der Waals surface area contributed by atoms with E-state index in [1.54, 1.807) is 12.1 Å². The van der Waals surface area contributed by atoms with Gasteiger partial charge in [0.25, 0.3) is 5.91 Å². The molecule has 1 N–H and O–H groups in total. The van der Waals surface area contributed by atoms with Crippen LogP contribution in [-0.4, -0.2) is 29.8 Å². The average molecular weight is 264 g/mol. The van der Waals surface area contributed by atoms with Crippen molar-refractivity contribution >= 4 is 17.7 Å². The van der Waals surface area contributed by atoms with Crippen molar-refractivity contribution in [1.29, 1.82) is 0 Å². The van der Waals surface area contributed by atoms with Crippen LogP contribution < -0.4 is 5.32 Å². The number of rotatable bonds is 2. The molecule has 1 aliphatic heterocycles. The van der Waals surface area contributed by atoms with Gasteiger partial charge in [-0.3, -0.25) is 14.9 Å². The highest BCUT2D eigenvalue weighted by atomic mass is 16.4. The Morgan fingerprint density at radius 3 is 2.47 bits per heavy atom. The zero-order chi connectivity index (χ0) is 14.0. The Balaban J connectivity index is 2.06.